The summed E-state index contributed by atoms with van der Waals surface area (Å²) in [5.41, 5.74) is 2.02. The highest BCUT2D eigenvalue weighted by Crippen LogP contribution is 2.46. The molecule has 0 N–H and O–H groups in total. The van der Waals surface area contributed by atoms with E-state index in [2.05, 4.69) is 13.8 Å². The molecule has 4 amide bonds. The number of fused-ring (bicyclic) bond motifs is 2. The van der Waals surface area contributed by atoms with E-state index >= 15 is 0 Å². The predicted molar refractivity (Wildman–Crippen MR) is 188 cm³/mol. The second-order valence-electron chi connectivity index (χ2n) is 12.9. The van der Waals surface area contributed by atoms with Crippen molar-refractivity contribution in [1.82, 2.24) is 9.80 Å². The average Bonchev–Trinajstić information content (AvgIpc) is 3.12. The summed E-state index contributed by atoms with van der Waals surface area (Å²) < 4.78 is 16.6. The van der Waals surface area contributed by atoms with Gasteiger partial charge in [-0.3, -0.25) is 29.0 Å². The van der Waals surface area contributed by atoms with Crippen LogP contribution in [-0.4, -0.2) is 76.7 Å². The molecule has 1 atom stereocenters. The van der Waals surface area contributed by atoms with E-state index in [0.29, 0.717) is 52.0 Å². The van der Waals surface area contributed by atoms with Crippen molar-refractivity contribution in [3.05, 3.63) is 70.8 Å². The number of amides is 4. The Balaban J connectivity index is 1.32. The summed E-state index contributed by atoms with van der Waals surface area (Å²) >= 11 is 0. The fourth-order valence-electron chi connectivity index (χ4n) is 7.92. The van der Waals surface area contributed by atoms with E-state index in [-0.39, 0.29) is 36.1 Å². The number of hydrogen-bond donors (Lipinski definition) is 0. The molecule has 0 spiro atoms. The smallest absolute Gasteiger partial charge is 0.377 e. The molecule has 0 aliphatic carbocycles. The lowest BCUT2D eigenvalue weighted by molar-refractivity contribution is 0.0573. The number of benzene rings is 5. The van der Waals surface area contributed by atoms with Crippen molar-refractivity contribution < 1.29 is 32.5 Å². The van der Waals surface area contributed by atoms with Gasteiger partial charge in [-0.2, -0.15) is 0 Å². The summed E-state index contributed by atoms with van der Waals surface area (Å²) in [4.78, 5) is 58.4. The maximum absolute atomic E-state index is 13.9. The van der Waals surface area contributed by atoms with Gasteiger partial charge in [-0.15, -0.1) is 0 Å². The molecule has 0 bridgehead atoms. The minimum Gasteiger partial charge on any atom is -0.377 e. The third-order valence-corrected chi connectivity index (χ3v) is 13.4. The number of unbranched alkanes of at least 4 members (excludes halogenated alkanes) is 1. The first-order chi connectivity index (χ1) is 23.2. The highest BCUT2D eigenvalue weighted by atomic mass is 28.4. The number of carbonyl (C=O) groups excluding carboxylic acids is 4. The molecule has 5 aromatic carbocycles. The van der Waals surface area contributed by atoms with Crippen LogP contribution in [0.5, 0.6) is 0 Å². The number of nitrogens with zero attached hydrogens (tertiary/aromatic N) is 2. The van der Waals surface area contributed by atoms with E-state index in [1.165, 1.54) is 9.80 Å². The van der Waals surface area contributed by atoms with Crippen LogP contribution in [0.1, 0.15) is 87.4 Å². The second-order valence-corrected chi connectivity index (χ2v) is 16.0. The number of hydrogen-bond acceptors (Lipinski definition) is 7. The van der Waals surface area contributed by atoms with E-state index in [4.69, 9.17) is 13.3 Å². The monoisotopic (exact) mass is 664 g/mol. The van der Waals surface area contributed by atoms with E-state index < -0.39 is 8.80 Å². The molecular weight excluding hydrogens is 625 g/mol. The predicted octanol–water partition coefficient (Wildman–Crippen LogP) is 7.41. The van der Waals surface area contributed by atoms with Crippen molar-refractivity contribution in [2.24, 2.45) is 5.92 Å². The van der Waals surface area contributed by atoms with Gasteiger partial charge in [0.25, 0.3) is 23.6 Å². The lowest BCUT2D eigenvalue weighted by atomic mass is 9.82. The fraction of sp³-hybridized carbons (Fsp3) is 0.368. The molecule has 5 aromatic rings. The zero-order valence-electron chi connectivity index (χ0n) is 28.1. The van der Waals surface area contributed by atoms with Gasteiger partial charge >= 0.3 is 8.80 Å². The minimum absolute atomic E-state index is 0.206. The van der Waals surface area contributed by atoms with Crippen LogP contribution < -0.4 is 0 Å². The number of imide groups is 2. The van der Waals surface area contributed by atoms with Crippen molar-refractivity contribution in [3.63, 3.8) is 0 Å². The summed E-state index contributed by atoms with van der Waals surface area (Å²) in [6.07, 6.45) is 4.50. The first kappa shape index (κ1) is 32.3. The quantitative estimate of drug-likeness (QED) is 0.0559. The topological polar surface area (TPSA) is 102 Å². The van der Waals surface area contributed by atoms with E-state index in [1.54, 1.807) is 33.5 Å². The molecule has 48 heavy (non-hydrogen) atoms. The SMILES string of the molecule is CCCCC(CC)CN1C(=O)c2ccc3c4ccc5c6c(ccc(c7ccc(c2c37)C1=O)c64)C(=O)N(CCC[Si](OC)(OC)OC)C5=O. The maximum atomic E-state index is 13.9. The van der Waals surface area contributed by atoms with Crippen LogP contribution in [0.2, 0.25) is 6.04 Å². The largest absolute Gasteiger partial charge is 0.500 e. The van der Waals surface area contributed by atoms with Crippen molar-refractivity contribution in [3.8, 4) is 0 Å². The van der Waals surface area contributed by atoms with Crippen molar-refractivity contribution in [1.29, 1.82) is 0 Å². The Kier molecular flexibility index (Phi) is 8.31. The zero-order valence-corrected chi connectivity index (χ0v) is 29.1. The Hall–Kier alpha value is -4.22. The number of rotatable bonds is 13. The van der Waals surface area contributed by atoms with Crippen LogP contribution in [0.15, 0.2) is 48.5 Å². The van der Waals surface area contributed by atoms with E-state index in [9.17, 15) is 19.2 Å². The highest BCUT2D eigenvalue weighted by Gasteiger charge is 2.40. The third kappa shape index (κ3) is 4.68. The molecule has 7 rings (SSSR count). The molecule has 0 saturated heterocycles. The Labute approximate surface area is 280 Å². The Morgan fingerprint density at radius 1 is 0.583 bits per heavy atom. The minimum atomic E-state index is -2.86. The lowest BCUT2D eigenvalue weighted by Gasteiger charge is -2.31. The summed E-state index contributed by atoms with van der Waals surface area (Å²) in [5, 5.41) is 6.53. The van der Waals surface area contributed by atoms with E-state index in [0.717, 1.165) is 58.0 Å². The number of carbonyl (C=O) groups is 4. The summed E-state index contributed by atoms with van der Waals surface area (Å²) in [6.45, 7) is 4.89. The lowest BCUT2D eigenvalue weighted by Crippen LogP contribution is -2.45. The normalized spacial score (nSPS) is 15.7. The van der Waals surface area contributed by atoms with Crippen LogP contribution in [0.3, 0.4) is 0 Å². The molecule has 248 valence electrons. The average molecular weight is 665 g/mol. The van der Waals surface area contributed by atoms with Crippen LogP contribution in [0, 0.1) is 5.92 Å². The summed E-state index contributed by atoms with van der Waals surface area (Å²) in [7, 11) is 1.76. The van der Waals surface area contributed by atoms with Crippen LogP contribution in [0.25, 0.3) is 43.1 Å². The fourth-order valence-corrected chi connectivity index (χ4v) is 9.63. The van der Waals surface area contributed by atoms with Gasteiger partial charge in [-0.1, -0.05) is 57.4 Å². The Morgan fingerprint density at radius 3 is 1.38 bits per heavy atom. The Bertz CT molecular complexity index is 2010. The van der Waals surface area contributed by atoms with Gasteiger partial charge in [-0.05, 0) is 75.3 Å². The zero-order chi connectivity index (χ0) is 33.9. The molecule has 9 nitrogen and oxygen atoms in total. The van der Waals surface area contributed by atoms with Gasteiger partial charge in [0.2, 0.25) is 0 Å². The summed E-state index contributed by atoms with van der Waals surface area (Å²) in [6, 6.07) is 15.5. The molecule has 2 aliphatic rings. The molecule has 2 aliphatic heterocycles. The molecule has 0 aromatic heterocycles. The van der Waals surface area contributed by atoms with Crippen LogP contribution >= 0.6 is 0 Å². The molecule has 1 unspecified atom stereocenters. The van der Waals surface area contributed by atoms with Gasteiger partial charge in [0.1, 0.15) is 0 Å². The molecular formula is C38H40N2O7Si. The van der Waals surface area contributed by atoms with Crippen molar-refractivity contribution in [2.45, 2.75) is 52.0 Å². The van der Waals surface area contributed by atoms with Crippen LogP contribution in [0.4, 0.5) is 0 Å². The van der Waals surface area contributed by atoms with Gasteiger partial charge in [0, 0.05) is 73.5 Å². The van der Waals surface area contributed by atoms with Crippen molar-refractivity contribution in [2.75, 3.05) is 34.4 Å². The summed E-state index contributed by atoms with van der Waals surface area (Å²) in [5.74, 6) is -0.920. The van der Waals surface area contributed by atoms with Gasteiger partial charge < -0.3 is 13.3 Å². The second kappa shape index (κ2) is 12.3. The first-order valence-corrected chi connectivity index (χ1v) is 18.7. The van der Waals surface area contributed by atoms with Crippen molar-refractivity contribution >= 4 is 75.5 Å². The molecule has 2 heterocycles. The molecule has 0 radical (unpaired) electrons. The Morgan fingerprint density at radius 2 is 1.00 bits per heavy atom. The highest BCUT2D eigenvalue weighted by molar-refractivity contribution is 6.60. The molecule has 0 saturated carbocycles. The van der Waals surface area contributed by atoms with Gasteiger partial charge in [0.05, 0.1) is 0 Å². The maximum Gasteiger partial charge on any atom is 0.500 e. The molecule has 0 fully saturated rings. The van der Waals surface area contributed by atoms with Gasteiger partial charge in [-0.25, -0.2) is 0 Å². The molecule has 10 heteroatoms. The van der Waals surface area contributed by atoms with Crippen LogP contribution in [-0.2, 0) is 13.3 Å². The standard InChI is InChI=1S/C38H40N2O7Si/c1-6-8-10-22(7-2)21-40-37(43)29-17-13-25-23-11-15-27-33-28(36(42)39(35(27)41)19-9-20-48(45-3,46-4)47-5)16-12-24(31(23)33)26-14-18-30(38(40)44)34(29)32(25)26/h11-18,22H,6-10,19-21H2,1-5H3. The first-order valence-electron chi connectivity index (χ1n) is 16.8. The van der Waals surface area contributed by atoms with Gasteiger partial charge in [0.15, 0.2) is 0 Å². The van der Waals surface area contributed by atoms with E-state index in [1.807, 2.05) is 36.4 Å². The third-order valence-electron chi connectivity index (χ3n) is 10.6.